The van der Waals surface area contributed by atoms with Crippen molar-refractivity contribution in [2.45, 2.75) is 34.6 Å². The molecule has 0 rings (SSSR count). The Balaban J connectivity index is 4.39. The molecule has 0 radical (unpaired) electrons. The lowest BCUT2D eigenvalue weighted by Gasteiger charge is -2.28. The van der Waals surface area contributed by atoms with Gasteiger partial charge in [0.05, 0.1) is 19.7 Å². The number of nitrogens with zero attached hydrogens (tertiary/aromatic N) is 2. The third-order valence-corrected chi connectivity index (χ3v) is 2.63. The maximum atomic E-state index is 12.3. The zero-order valence-corrected chi connectivity index (χ0v) is 13.8. The standard InChI is InChI=1S/C15H30N2O3/c1-7-20-15(19)11-16(6)10-14(18)17(8-12(2)3)9-13(4)5/h12-13H,7-11H2,1-6H3. The van der Waals surface area contributed by atoms with Crippen LogP contribution >= 0.6 is 0 Å². The summed E-state index contributed by atoms with van der Waals surface area (Å²) in [5.74, 6) is 0.655. The van der Waals surface area contributed by atoms with Crippen molar-refractivity contribution in [2.75, 3.05) is 39.8 Å². The third-order valence-electron chi connectivity index (χ3n) is 2.63. The monoisotopic (exact) mass is 286 g/mol. The number of carbonyl (C=O) groups excluding carboxylic acids is 2. The van der Waals surface area contributed by atoms with Gasteiger partial charge in [0.1, 0.15) is 0 Å². The molecule has 0 saturated carbocycles. The minimum Gasteiger partial charge on any atom is -0.465 e. The van der Waals surface area contributed by atoms with Gasteiger partial charge in [0.15, 0.2) is 0 Å². The molecule has 0 atom stereocenters. The summed E-state index contributed by atoms with van der Waals surface area (Å²) >= 11 is 0. The second kappa shape index (κ2) is 9.75. The molecular weight excluding hydrogens is 256 g/mol. The Hall–Kier alpha value is -1.10. The van der Waals surface area contributed by atoms with Gasteiger partial charge < -0.3 is 9.64 Å². The molecule has 1 amide bonds. The average molecular weight is 286 g/mol. The van der Waals surface area contributed by atoms with Gasteiger partial charge in [-0.1, -0.05) is 27.7 Å². The summed E-state index contributed by atoms with van der Waals surface area (Å²) in [5, 5.41) is 0. The van der Waals surface area contributed by atoms with Gasteiger partial charge in [0, 0.05) is 13.1 Å². The van der Waals surface area contributed by atoms with Crippen molar-refractivity contribution in [3.05, 3.63) is 0 Å². The molecule has 0 aromatic carbocycles. The molecule has 0 fully saturated rings. The summed E-state index contributed by atoms with van der Waals surface area (Å²) in [4.78, 5) is 27.3. The molecule has 0 aliphatic rings. The van der Waals surface area contributed by atoms with Crippen molar-refractivity contribution in [3.8, 4) is 0 Å². The summed E-state index contributed by atoms with van der Waals surface area (Å²) in [5.41, 5.74) is 0. The number of rotatable bonds is 9. The maximum absolute atomic E-state index is 12.3. The molecule has 0 spiro atoms. The molecule has 0 unspecified atom stereocenters. The van der Waals surface area contributed by atoms with Crippen LogP contribution in [0.25, 0.3) is 0 Å². The first kappa shape index (κ1) is 18.9. The van der Waals surface area contributed by atoms with Crippen molar-refractivity contribution in [2.24, 2.45) is 11.8 Å². The Morgan fingerprint density at radius 2 is 1.50 bits per heavy atom. The van der Waals surface area contributed by atoms with Crippen LogP contribution < -0.4 is 0 Å². The number of ether oxygens (including phenoxy) is 1. The average Bonchev–Trinajstić information content (AvgIpc) is 2.26. The molecule has 0 aliphatic carbocycles. The number of esters is 1. The van der Waals surface area contributed by atoms with Crippen LogP contribution in [0.4, 0.5) is 0 Å². The second-order valence-corrected chi connectivity index (χ2v) is 6.06. The SMILES string of the molecule is CCOC(=O)CN(C)CC(=O)N(CC(C)C)CC(C)C. The molecule has 0 aliphatic heterocycles. The van der Waals surface area contributed by atoms with E-state index in [-0.39, 0.29) is 25.0 Å². The minimum atomic E-state index is -0.290. The highest BCUT2D eigenvalue weighted by Gasteiger charge is 2.19. The summed E-state index contributed by atoms with van der Waals surface area (Å²) in [6, 6.07) is 0. The Kier molecular flexibility index (Phi) is 9.21. The first-order valence-corrected chi connectivity index (χ1v) is 7.38. The predicted octanol–water partition coefficient (Wildman–Crippen LogP) is 1.62. The van der Waals surface area contributed by atoms with Gasteiger partial charge in [-0.3, -0.25) is 14.5 Å². The van der Waals surface area contributed by atoms with Crippen LogP contribution in [0.2, 0.25) is 0 Å². The van der Waals surface area contributed by atoms with Crippen LogP contribution in [0.1, 0.15) is 34.6 Å². The van der Waals surface area contributed by atoms with E-state index in [4.69, 9.17) is 4.74 Å². The highest BCUT2D eigenvalue weighted by atomic mass is 16.5. The summed E-state index contributed by atoms with van der Waals surface area (Å²) < 4.78 is 4.88. The molecule has 0 aromatic heterocycles. The Bertz CT molecular complexity index is 293. The van der Waals surface area contributed by atoms with E-state index in [0.717, 1.165) is 13.1 Å². The van der Waals surface area contributed by atoms with Gasteiger partial charge in [0.2, 0.25) is 5.91 Å². The van der Waals surface area contributed by atoms with E-state index in [9.17, 15) is 9.59 Å². The smallest absolute Gasteiger partial charge is 0.320 e. The van der Waals surface area contributed by atoms with E-state index < -0.39 is 0 Å². The predicted molar refractivity (Wildman–Crippen MR) is 80.4 cm³/mol. The largest absolute Gasteiger partial charge is 0.465 e. The molecule has 5 nitrogen and oxygen atoms in total. The molecule has 0 saturated heterocycles. The number of amides is 1. The fourth-order valence-corrected chi connectivity index (χ4v) is 1.97. The van der Waals surface area contributed by atoms with Crippen LogP contribution in [0, 0.1) is 11.8 Å². The first-order valence-electron chi connectivity index (χ1n) is 7.38. The van der Waals surface area contributed by atoms with E-state index in [0.29, 0.717) is 18.4 Å². The highest BCUT2D eigenvalue weighted by molar-refractivity contribution is 5.79. The van der Waals surface area contributed by atoms with Gasteiger partial charge in [-0.15, -0.1) is 0 Å². The lowest BCUT2D eigenvalue weighted by Crippen LogP contribution is -2.43. The first-order chi connectivity index (χ1) is 9.26. The molecule has 0 bridgehead atoms. The summed E-state index contributed by atoms with van der Waals surface area (Å²) in [7, 11) is 1.76. The summed E-state index contributed by atoms with van der Waals surface area (Å²) in [6.45, 7) is 12.4. The topological polar surface area (TPSA) is 49.9 Å². The van der Waals surface area contributed by atoms with E-state index in [1.807, 2.05) is 4.90 Å². The van der Waals surface area contributed by atoms with Crippen LogP contribution in [-0.4, -0.2) is 61.5 Å². The maximum Gasteiger partial charge on any atom is 0.320 e. The van der Waals surface area contributed by atoms with Crippen LogP contribution in [0.3, 0.4) is 0 Å². The fraction of sp³-hybridized carbons (Fsp3) is 0.867. The van der Waals surface area contributed by atoms with Crippen LogP contribution in [-0.2, 0) is 14.3 Å². The van der Waals surface area contributed by atoms with Crippen molar-refractivity contribution >= 4 is 11.9 Å². The molecule has 0 heterocycles. The minimum absolute atomic E-state index is 0.0687. The second-order valence-electron chi connectivity index (χ2n) is 6.06. The zero-order chi connectivity index (χ0) is 15.7. The molecule has 5 heteroatoms. The Morgan fingerprint density at radius 3 is 1.90 bits per heavy atom. The van der Waals surface area contributed by atoms with Gasteiger partial charge in [0.25, 0.3) is 0 Å². The number of hydrogen-bond acceptors (Lipinski definition) is 4. The quantitative estimate of drug-likeness (QED) is 0.604. The summed E-state index contributed by atoms with van der Waals surface area (Å²) in [6.07, 6.45) is 0. The van der Waals surface area contributed by atoms with Crippen molar-refractivity contribution in [1.82, 2.24) is 9.80 Å². The Labute approximate surface area is 123 Å². The van der Waals surface area contributed by atoms with Crippen molar-refractivity contribution in [3.63, 3.8) is 0 Å². The third kappa shape index (κ3) is 8.91. The number of carbonyl (C=O) groups is 2. The van der Waals surface area contributed by atoms with Gasteiger partial charge >= 0.3 is 5.97 Å². The van der Waals surface area contributed by atoms with E-state index in [2.05, 4.69) is 27.7 Å². The van der Waals surface area contributed by atoms with Gasteiger partial charge in [-0.2, -0.15) is 0 Å². The normalized spacial score (nSPS) is 11.2. The lowest BCUT2D eigenvalue weighted by atomic mass is 10.1. The molecular formula is C15H30N2O3. The number of likely N-dealkylation sites (N-methyl/N-ethyl adjacent to an activating group) is 1. The van der Waals surface area contributed by atoms with Crippen molar-refractivity contribution in [1.29, 1.82) is 0 Å². The van der Waals surface area contributed by atoms with E-state index >= 15 is 0 Å². The molecule has 0 aromatic rings. The van der Waals surface area contributed by atoms with E-state index in [1.165, 1.54) is 0 Å². The lowest BCUT2D eigenvalue weighted by molar-refractivity contribution is -0.144. The van der Waals surface area contributed by atoms with E-state index in [1.54, 1.807) is 18.9 Å². The van der Waals surface area contributed by atoms with Crippen molar-refractivity contribution < 1.29 is 14.3 Å². The molecule has 0 N–H and O–H groups in total. The molecule has 20 heavy (non-hydrogen) atoms. The van der Waals surface area contributed by atoms with Gasteiger partial charge in [-0.05, 0) is 25.8 Å². The Morgan fingerprint density at radius 1 is 1.00 bits per heavy atom. The number of hydrogen-bond donors (Lipinski definition) is 0. The highest BCUT2D eigenvalue weighted by Crippen LogP contribution is 2.05. The zero-order valence-electron chi connectivity index (χ0n) is 13.8. The fourth-order valence-electron chi connectivity index (χ4n) is 1.97. The van der Waals surface area contributed by atoms with Crippen LogP contribution in [0.15, 0.2) is 0 Å². The van der Waals surface area contributed by atoms with Crippen LogP contribution in [0.5, 0.6) is 0 Å². The molecule has 118 valence electrons. The van der Waals surface area contributed by atoms with Gasteiger partial charge in [-0.25, -0.2) is 0 Å².